The van der Waals surface area contributed by atoms with Gasteiger partial charge in [0.05, 0.1) is 23.5 Å². The molecule has 2 amide bonds. The first kappa shape index (κ1) is 23.7. The molecule has 1 fully saturated rings. The third-order valence-corrected chi connectivity index (χ3v) is 8.05. The fourth-order valence-corrected chi connectivity index (χ4v) is 5.90. The largest absolute Gasteiger partial charge is 0.346 e. The Morgan fingerprint density at radius 1 is 0.972 bits per heavy atom. The molecule has 0 spiro atoms. The fourth-order valence-electron chi connectivity index (χ4n) is 4.47. The van der Waals surface area contributed by atoms with Crippen LogP contribution in [0.4, 0.5) is 0 Å². The van der Waals surface area contributed by atoms with Crippen LogP contribution in [0.5, 0.6) is 0 Å². The SMILES string of the molecule is O=C(CCc1ccccc1)N[C@@H](Cc1ccc(C2CC(=O)NS2(=O)=O)cc1)c1nc2ccccc2[nH]1. The Balaban J connectivity index is 1.34. The Labute approximate surface area is 209 Å². The number of sulfonamides is 1. The van der Waals surface area contributed by atoms with Gasteiger partial charge in [0.2, 0.25) is 21.8 Å². The third kappa shape index (κ3) is 5.31. The lowest BCUT2D eigenvalue weighted by Gasteiger charge is -2.18. The number of H-pyrrole nitrogens is 1. The summed E-state index contributed by atoms with van der Waals surface area (Å²) < 4.78 is 26.4. The molecule has 36 heavy (non-hydrogen) atoms. The van der Waals surface area contributed by atoms with Gasteiger partial charge >= 0.3 is 0 Å². The number of para-hydroxylation sites is 2. The van der Waals surface area contributed by atoms with E-state index in [4.69, 9.17) is 4.98 Å². The fraction of sp³-hybridized carbons (Fsp3) is 0.222. The van der Waals surface area contributed by atoms with Crippen molar-refractivity contribution in [3.8, 4) is 0 Å². The van der Waals surface area contributed by atoms with E-state index >= 15 is 0 Å². The highest BCUT2D eigenvalue weighted by molar-refractivity contribution is 7.90. The summed E-state index contributed by atoms with van der Waals surface area (Å²) in [5, 5.41) is 2.23. The van der Waals surface area contributed by atoms with Crippen LogP contribution in [-0.2, 0) is 32.5 Å². The smallest absolute Gasteiger partial charge is 0.242 e. The van der Waals surface area contributed by atoms with Crippen LogP contribution in [0, 0.1) is 0 Å². The number of imidazole rings is 1. The number of fused-ring (bicyclic) bond motifs is 1. The summed E-state index contributed by atoms with van der Waals surface area (Å²) in [6, 6.07) is 24.3. The molecular formula is C27H26N4O4S. The number of hydrogen-bond donors (Lipinski definition) is 3. The molecule has 0 bridgehead atoms. The predicted octanol–water partition coefficient (Wildman–Crippen LogP) is 3.49. The molecule has 9 heteroatoms. The van der Waals surface area contributed by atoms with Crippen LogP contribution in [0.3, 0.4) is 0 Å². The number of nitrogens with one attached hydrogen (secondary N) is 3. The molecule has 2 atom stereocenters. The van der Waals surface area contributed by atoms with E-state index in [9.17, 15) is 18.0 Å². The topological polar surface area (TPSA) is 121 Å². The average Bonchev–Trinajstić information content (AvgIpc) is 3.42. The molecule has 1 aliphatic heterocycles. The molecule has 0 radical (unpaired) electrons. The van der Waals surface area contributed by atoms with Crippen molar-refractivity contribution in [2.45, 2.75) is 37.0 Å². The van der Waals surface area contributed by atoms with Crippen LogP contribution in [0.2, 0.25) is 0 Å². The summed E-state index contributed by atoms with van der Waals surface area (Å²) in [6.45, 7) is 0. The van der Waals surface area contributed by atoms with Crippen molar-refractivity contribution in [1.82, 2.24) is 20.0 Å². The van der Waals surface area contributed by atoms with Gasteiger partial charge < -0.3 is 10.3 Å². The van der Waals surface area contributed by atoms with Gasteiger partial charge in [-0.3, -0.25) is 14.3 Å². The third-order valence-electron chi connectivity index (χ3n) is 6.35. The minimum Gasteiger partial charge on any atom is -0.346 e. The van der Waals surface area contributed by atoms with E-state index in [1.54, 1.807) is 12.1 Å². The highest BCUT2D eigenvalue weighted by Crippen LogP contribution is 2.30. The summed E-state index contributed by atoms with van der Waals surface area (Å²) in [6.07, 6.45) is 1.36. The monoisotopic (exact) mass is 502 g/mol. The number of carbonyl (C=O) groups excluding carboxylic acids is 2. The Hall–Kier alpha value is -3.98. The maximum absolute atomic E-state index is 12.9. The van der Waals surface area contributed by atoms with Gasteiger partial charge in [0, 0.05) is 6.42 Å². The summed E-state index contributed by atoms with van der Waals surface area (Å²) >= 11 is 0. The summed E-state index contributed by atoms with van der Waals surface area (Å²) in [7, 11) is -3.70. The summed E-state index contributed by atoms with van der Waals surface area (Å²) in [5.41, 5.74) is 4.26. The molecule has 8 nitrogen and oxygen atoms in total. The number of aryl methyl sites for hydroxylation is 1. The van der Waals surface area contributed by atoms with Crippen molar-refractivity contribution in [3.05, 3.63) is 101 Å². The van der Waals surface area contributed by atoms with Crippen LogP contribution >= 0.6 is 0 Å². The maximum atomic E-state index is 12.9. The molecule has 1 unspecified atom stereocenters. The molecule has 184 valence electrons. The van der Waals surface area contributed by atoms with E-state index in [0.29, 0.717) is 30.7 Å². The number of carbonyl (C=O) groups is 2. The number of rotatable bonds is 8. The number of benzene rings is 3. The van der Waals surface area contributed by atoms with E-state index in [1.165, 1.54) is 0 Å². The first-order valence-corrected chi connectivity index (χ1v) is 13.3. The lowest BCUT2D eigenvalue weighted by molar-refractivity contribution is -0.122. The van der Waals surface area contributed by atoms with Gasteiger partial charge in [-0.2, -0.15) is 0 Å². The zero-order chi connectivity index (χ0) is 25.1. The van der Waals surface area contributed by atoms with E-state index < -0.39 is 27.2 Å². The molecular weight excluding hydrogens is 476 g/mol. The van der Waals surface area contributed by atoms with Gasteiger partial charge in [-0.05, 0) is 41.7 Å². The van der Waals surface area contributed by atoms with Gasteiger partial charge in [-0.1, -0.05) is 66.7 Å². The van der Waals surface area contributed by atoms with Crippen molar-refractivity contribution < 1.29 is 18.0 Å². The molecule has 2 heterocycles. The average molecular weight is 503 g/mol. The van der Waals surface area contributed by atoms with E-state index in [2.05, 4.69) is 10.3 Å². The zero-order valence-corrected chi connectivity index (χ0v) is 20.3. The zero-order valence-electron chi connectivity index (χ0n) is 19.5. The van der Waals surface area contributed by atoms with Gasteiger partial charge in [0.15, 0.2) is 0 Å². The standard InChI is InChI=1S/C27H26N4O4S/c32-25(15-12-18-6-2-1-3-7-18)28-23(27-29-21-8-4-5-9-22(21)30-27)16-19-10-13-20(14-11-19)24-17-26(33)31-36(24,34)35/h1-11,13-14,23-24H,12,15-17H2,(H,28,32)(H,29,30)(H,31,33)/t23-,24?/m0/s1. The van der Waals surface area contributed by atoms with Crippen LogP contribution in [-0.4, -0.2) is 30.2 Å². The minimum atomic E-state index is -3.70. The maximum Gasteiger partial charge on any atom is 0.242 e. The molecule has 1 saturated heterocycles. The number of aromatic nitrogens is 2. The molecule has 3 N–H and O–H groups in total. The van der Waals surface area contributed by atoms with Crippen LogP contribution in [0.1, 0.15) is 46.6 Å². The van der Waals surface area contributed by atoms with Crippen LogP contribution < -0.4 is 10.0 Å². The second-order valence-electron chi connectivity index (χ2n) is 8.95. The summed E-state index contributed by atoms with van der Waals surface area (Å²) in [5.74, 6) is 0.0799. The Kier molecular flexibility index (Phi) is 6.56. The van der Waals surface area contributed by atoms with Gasteiger partial charge in [0.25, 0.3) is 0 Å². The van der Waals surface area contributed by atoms with Crippen molar-refractivity contribution in [2.24, 2.45) is 0 Å². The van der Waals surface area contributed by atoms with Crippen LogP contribution in [0.25, 0.3) is 11.0 Å². The molecule has 4 aromatic rings. The first-order valence-electron chi connectivity index (χ1n) is 11.8. The van der Waals surface area contributed by atoms with Crippen molar-refractivity contribution >= 4 is 32.9 Å². The molecule has 5 rings (SSSR count). The van der Waals surface area contributed by atoms with Gasteiger partial charge in [-0.15, -0.1) is 0 Å². The predicted molar refractivity (Wildman–Crippen MR) is 136 cm³/mol. The van der Waals surface area contributed by atoms with E-state index in [1.807, 2.05) is 71.5 Å². The summed E-state index contributed by atoms with van der Waals surface area (Å²) in [4.78, 5) is 32.5. The van der Waals surface area contributed by atoms with Gasteiger partial charge in [-0.25, -0.2) is 13.4 Å². The molecule has 0 aliphatic carbocycles. The number of hydrogen-bond acceptors (Lipinski definition) is 5. The molecule has 0 saturated carbocycles. The van der Waals surface area contributed by atoms with Crippen molar-refractivity contribution in [3.63, 3.8) is 0 Å². The van der Waals surface area contributed by atoms with Crippen LogP contribution in [0.15, 0.2) is 78.9 Å². The molecule has 3 aromatic carbocycles. The highest BCUT2D eigenvalue weighted by Gasteiger charge is 2.37. The van der Waals surface area contributed by atoms with Crippen molar-refractivity contribution in [2.75, 3.05) is 0 Å². The Morgan fingerprint density at radius 3 is 2.39 bits per heavy atom. The number of amides is 2. The van der Waals surface area contributed by atoms with E-state index in [0.717, 1.165) is 22.2 Å². The number of nitrogens with zero attached hydrogens (tertiary/aromatic N) is 1. The lowest BCUT2D eigenvalue weighted by atomic mass is 10.0. The lowest BCUT2D eigenvalue weighted by Crippen LogP contribution is -2.31. The normalized spacial score (nSPS) is 17.6. The molecule has 1 aliphatic rings. The Bertz CT molecular complexity index is 1460. The highest BCUT2D eigenvalue weighted by atomic mass is 32.2. The second kappa shape index (κ2) is 9.94. The first-order chi connectivity index (χ1) is 17.4. The quantitative estimate of drug-likeness (QED) is 0.341. The molecule has 1 aromatic heterocycles. The minimum absolute atomic E-state index is 0.0810. The van der Waals surface area contributed by atoms with Crippen molar-refractivity contribution in [1.29, 1.82) is 0 Å². The van der Waals surface area contributed by atoms with E-state index in [-0.39, 0.29) is 12.3 Å². The number of aromatic amines is 1. The second-order valence-corrected chi connectivity index (χ2v) is 10.8. The Morgan fingerprint density at radius 2 is 1.69 bits per heavy atom. The van der Waals surface area contributed by atoms with Gasteiger partial charge in [0.1, 0.15) is 11.1 Å².